The van der Waals surface area contributed by atoms with E-state index in [0.29, 0.717) is 19.6 Å². The summed E-state index contributed by atoms with van der Waals surface area (Å²) in [6.45, 7) is 3.44. The molecule has 0 radical (unpaired) electrons. The maximum atomic E-state index is 11.2. The van der Waals surface area contributed by atoms with Crippen LogP contribution in [-0.2, 0) is 9.53 Å². The number of aliphatic hydroxyl groups excluding tert-OH is 1. The van der Waals surface area contributed by atoms with E-state index in [-0.39, 0.29) is 11.9 Å². The minimum atomic E-state index is -0.537. The van der Waals surface area contributed by atoms with Gasteiger partial charge in [-0.05, 0) is 19.9 Å². The van der Waals surface area contributed by atoms with Crippen molar-refractivity contribution in [2.45, 2.75) is 19.4 Å². The highest BCUT2D eigenvalue weighted by Gasteiger charge is 2.30. The first kappa shape index (κ1) is 9.48. The van der Waals surface area contributed by atoms with Crippen LogP contribution >= 0.6 is 0 Å². The van der Waals surface area contributed by atoms with Gasteiger partial charge < -0.3 is 15.2 Å². The van der Waals surface area contributed by atoms with Crippen LogP contribution in [0.1, 0.15) is 13.3 Å². The zero-order valence-electron chi connectivity index (χ0n) is 7.25. The molecule has 1 fully saturated rings. The molecule has 0 aromatic rings. The van der Waals surface area contributed by atoms with Crippen molar-refractivity contribution in [1.29, 1.82) is 0 Å². The Morgan fingerprint density at radius 2 is 2.50 bits per heavy atom. The Morgan fingerprint density at radius 3 is 3.08 bits per heavy atom. The SMILES string of the molecule is CCOC(=O)[C@H]1CNCC[C@H]1O. The van der Waals surface area contributed by atoms with E-state index in [2.05, 4.69) is 5.32 Å². The highest BCUT2D eigenvalue weighted by atomic mass is 16.5. The lowest BCUT2D eigenvalue weighted by Gasteiger charge is -2.26. The summed E-state index contributed by atoms with van der Waals surface area (Å²) in [7, 11) is 0. The molecule has 70 valence electrons. The van der Waals surface area contributed by atoms with E-state index >= 15 is 0 Å². The zero-order valence-corrected chi connectivity index (χ0v) is 7.25. The van der Waals surface area contributed by atoms with Crippen LogP contribution in [0.15, 0.2) is 0 Å². The molecule has 2 atom stereocenters. The van der Waals surface area contributed by atoms with Gasteiger partial charge >= 0.3 is 5.97 Å². The number of hydrogen-bond donors (Lipinski definition) is 2. The highest BCUT2D eigenvalue weighted by Crippen LogP contribution is 2.12. The van der Waals surface area contributed by atoms with Crippen molar-refractivity contribution >= 4 is 5.97 Å². The van der Waals surface area contributed by atoms with Crippen molar-refractivity contribution < 1.29 is 14.6 Å². The van der Waals surface area contributed by atoms with Crippen molar-refractivity contribution in [2.75, 3.05) is 19.7 Å². The number of piperidine rings is 1. The zero-order chi connectivity index (χ0) is 8.97. The summed E-state index contributed by atoms with van der Waals surface area (Å²) in [4.78, 5) is 11.2. The van der Waals surface area contributed by atoms with Crippen LogP contribution in [0, 0.1) is 5.92 Å². The molecule has 0 aliphatic carbocycles. The van der Waals surface area contributed by atoms with Crippen LogP contribution < -0.4 is 5.32 Å². The number of aliphatic hydroxyl groups is 1. The molecule has 1 saturated heterocycles. The van der Waals surface area contributed by atoms with Crippen LogP contribution in [0.4, 0.5) is 0 Å². The Balaban J connectivity index is 2.42. The topological polar surface area (TPSA) is 58.6 Å². The summed E-state index contributed by atoms with van der Waals surface area (Å²) in [6, 6.07) is 0. The second kappa shape index (κ2) is 4.42. The summed E-state index contributed by atoms with van der Waals surface area (Å²) in [5.74, 6) is -0.670. The Kier molecular flexibility index (Phi) is 3.49. The van der Waals surface area contributed by atoms with E-state index in [1.807, 2.05) is 0 Å². The largest absolute Gasteiger partial charge is 0.466 e. The number of hydrogen-bond acceptors (Lipinski definition) is 4. The average molecular weight is 173 g/mol. The van der Waals surface area contributed by atoms with Crippen LogP contribution in [0.2, 0.25) is 0 Å². The van der Waals surface area contributed by atoms with Gasteiger partial charge in [-0.3, -0.25) is 4.79 Å². The summed E-state index contributed by atoms with van der Waals surface area (Å²) < 4.78 is 4.81. The predicted molar refractivity (Wildman–Crippen MR) is 43.6 cm³/mol. The van der Waals surface area contributed by atoms with Crippen molar-refractivity contribution in [1.82, 2.24) is 5.32 Å². The Morgan fingerprint density at radius 1 is 1.75 bits per heavy atom. The molecule has 1 aliphatic heterocycles. The summed E-state index contributed by atoms with van der Waals surface area (Å²) in [5, 5.41) is 12.5. The quantitative estimate of drug-likeness (QED) is 0.554. The first-order valence-electron chi connectivity index (χ1n) is 4.31. The number of esters is 1. The third-order valence-electron chi connectivity index (χ3n) is 2.03. The molecular formula is C8H15NO3. The smallest absolute Gasteiger partial charge is 0.312 e. The molecule has 2 N–H and O–H groups in total. The summed E-state index contributed by atoms with van der Waals surface area (Å²) >= 11 is 0. The molecule has 0 unspecified atom stereocenters. The molecule has 1 heterocycles. The van der Waals surface area contributed by atoms with E-state index in [1.165, 1.54) is 0 Å². The fraction of sp³-hybridized carbons (Fsp3) is 0.875. The summed E-state index contributed by atoms with van der Waals surface area (Å²) in [5.41, 5.74) is 0. The minimum absolute atomic E-state index is 0.294. The van der Waals surface area contributed by atoms with Crippen LogP contribution in [0.25, 0.3) is 0 Å². The van der Waals surface area contributed by atoms with Gasteiger partial charge in [0.15, 0.2) is 0 Å². The lowest BCUT2D eigenvalue weighted by Crippen LogP contribution is -2.44. The van der Waals surface area contributed by atoms with Crippen LogP contribution in [0.5, 0.6) is 0 Å². The molecule has 4 heteroatoms. The second-order valence-corrected chi connectivity index (χ2v) is 2.92. The molecule has 0 spiro atoms. The van der Waals surface area contributed by atoms with Gasteiger partial charge in [0.2, 0.25) is 0 Å². The molecule has 12 heavy (non-hydrogen) atoms. The molecule has 0 amide bonds. The lowest BCUT2D eigenvalue weighted by molar-refractivity contribution is -0.152. The number of nitrogens with one attached hydrogen (secondary N) is 1. The van der Waals surface area contributed by atoms with Crippen molar-refractivity contribution in [3.05, 3.63) is 0 Å². The van der Waals surface area contributed by atoms with Crippen LogP contribution in [-0.4, -0.2) is 36.9 Å². The first-order valence-corrected chi connectivity index (χ1v) is 4.31. The fourth-order valence-electron chi connectivity index (χ4n) is 1.33. The molecule has 4 nitrogen and oxygen atoms in total. The standard InChI is InChI=1S/C8H15NO3/c1-2-12-8(11)6-5-9-4-3-7(6)10/h6-7,9-10H,2-5H2,1H3/t6-,7+/m0/s1. The Bertz CT molecular complexity index is 160. The highest BCUT2D eigenvalue weighted by molar-refractivity contribution is 5.73. The van der Waals surface area contributed by atoms with E-state index in [9.17, 15) is 9.90 Å². The van der Waals surface area contributed by atoms with E-state index in [0.717, 1.165) is 6.54 Å². The van der Waals surface area contributed by atoms with Crippen molar-refractivity contribution in [3.8, 4) is 0 Å². The van der Waals surface area contributed by atoms with Gasteiger partial charge in [0, 0.05) is 6.54 Å². The number of carbonyl (C=O) groups excluding carboxylic acids is 1. The van der Waals surface area contributed by atoms with Crippen LogP contribution in [0.3, 0.4) is 0 Å². The maximum absolute atomic E-state index is 11.2. The Labute approximate surface area is 71.9 Å². The van der Waals surface area contributed by atoms with Crippen molar-refractivity contribution in [3.63, 3.8) is 0 Å². The number of ether oxygens (including phenoxy) is 1. The third-order valence-corrected chi connectivity index (χ3v) is 2.03. The number of carbonyl (C=O) groups is 1. The molecule has 0 saturated carbocycles. The minimum Gasteiger partial charge on any atom is -0.466 e. The molecule has 0 bridgehead atoms. The molecule has 1 aliphatic rings. The van der Waals surface area contributed by atoms with Gasteiger partial charge in [0.25, 0.3) is 0 Å². The van der Waals surface area contributed by atoms with Crippen molar-refractivity contribution in [2.24, 2.45) is 5.92 Å². The Hall–Kier alpha value is -0.610. The van der Waals surface area contributed by atoms with E-state index < -0.39 is 6.10 Å². The second-order valence-electron chi connectivity index (χ2n) is 2.92. The van der Waals surface area contributed by atoms with Gasteiger partial charge in [-0.1, -0.05) is 0 Å². The normalized spacial score (nSPS) is 29.8. The number of rotatable bonds is 2. The third kappa shape index (κ3) is 2.19. The van der Waals surface area contributed by atoms with E-state index in [4.69, 9.17) is 4.74 Å². The fourth-order valence-corrected chi connectivity index (χ4v) is 1.33. The van der Waals surface area contributed by atoms with E-state index in [1.54, 1.807) is 6.92 Å². The predicted octanol–water partition coefficient (Wildman–Crippen LogP) is -0.480. The van der Waals surface area contributed by atoms with Gasteiger partial charge in [0.05, 0.1) is 18.6 Å². The maximum Gasteiger partial charge on any atom is 0.312 e. The average Bonchev–Trinajstić information content (AvgIpc) is 2.05. The molecule has 1 rings (SSSR count). The summed E-state index contributed by atoms with van der Waals surface area (Å²) in [6.07, 6.45) is 0.0917. The first-order chi connectivity index (χ1) is 5.75. The monoisotopic (exact) mass is 173 g/mol. The molecule has 0 aromatic carbocycles. The van der Waals surface area contributed by atoms with Gasteiger partial charge in [0.1, 0.15) is 0 Å². The molecule has 0 aromatic heterocycles. The lowest BCUT2D eigenvalue weighted by atomic mass is 9.96. The van der Waals surface area contributed by atoms with Gasteiger partial charge in [-0.2, -0.15) is 0 Å². The van der Waals surface area contributed by atoms with Gasteiger partial charge in [-0.15, -0.1) is 0 Å². The molecular weight excluding hydrogens is 158 g/mol. The van der Waals surface area contributed by atoms with Gasteiger partial charge in [-0.25, -0.2) is 0 Å².